The molecule has 126 valence electrons. The summed E-state index contributed by atoms with van der Waals surface area (Å²) in [7, 11) is 0. The van der Waals surface area contributed by atoms with Crippen LogP contribution in [0.4, 0.5) is 0 Å². The van der Waals surface area contributed by atoms with Crippen molar-refractivity contribution in [3.63, 3.8) is 0 Å². The Kier molecular flexibility index (Phi) is 4.40. The second kappa shape index (κ2) is 6.84. The van der Waals surface area contributed by atoms with Gasteiger partial charge >= 0.3 is 0 Å². The summed E-state index contributed by atoms with van der Waals surface area (Å²) in [5, 5.41) is 7.50. The maximum absolute atomic E-state index is 12.7. The summed E-state index contributed by atoms with van der Waals surface area (Å²) in [6, 6.07) is 17.9. The lowest BCUT2D eigenvalue weighted by Crippen LogP contribution is -2.23. The van der Waals surface area contributed by atoms with Crippen molar-refractivity contribution >= 4 is 21.8 Å². The van der Waals surface area contributed by atoms with Gasteiger partial charge in [-0.1, -0.05) is 46.3 Å². The third-order valence-corrected chi connectivity index (χ3v) is 4.85. The summed E-state index contributed by atoms with van der Waals surface area (Å²) < 4.78 is 2.92. The van der Waals surface area contributed by atoms with Gasteiger partial charge in [0, 0.05) is 16.9 Å². The minimum absolute atomic E-state index is 0.0657. The summed E-state index contributed by atoms with van der Waals surface area (Å²) >= 11 is 3.46. The summed E-state index contributed by atoms with van der Waals surface area (Å²) in [6.07, 6.45) is 3.92. The average Bonchev–Trinajstić information content (AvgIpc) is 3.38. The fourth-order valence-electron chi connectivity index (χ4n) is 2.98. The van der Waals surface area contributed by atoms with E-state index in [1.807, 2.05) is 59.3 Å². The van der Waals surface area contributed by atoms with Gasteiger partial charge in [-0.3, -0.25) is 4.79 Å². The molecule has 1 N–H and O–H groups in total. The Morgan fingerprint density at radius 2 is 1.96 bits per heavy atom. The molecular weight excluding hydrogens is 378 g/mol. The maximum Gasteiger partial charge on any atom is 0.255 e. The van der Waals surface area contributed by atoms with Crippen molar-refractivity contribution in [1.29, 1.82) is 0 Å². The first-order valence-corrected chi connectivity index (χ1v) is 9.17. The fraction of sp³-hybridized carbons (Fsp3) is 0.200. The highest BCUT2D eigenvalue weighted by Gasteiger charge is 2.32. The van der Waals surface area contributed by atoms with Crippen molar-refractivity contribution in [2.45, 2.75) is 25.3 Å². The number of carbonyl (C=O) groups is 1. The van der Waals surface area contributed by atoms with Gasteiger partial charge < -0.3 is 5.32 Å². The third-order valence-electron chi connectivity index (χ3n) is 4.36. The number of rotatable bonds is 5. The van der Waals surface area contributed by atoms with Gasteiger partial charge in [-0.25, -0.2) is 4.68 Å². The molecule has 1 fully saturated rings. The highest BCUT2D eigenvalue weighted by atomic mass is 79.9. The predicted molar refractivity (Wildman–Crippen MR) is 101 cm³/mol. The van der Waals surface area contributed by atoms with Gasteiger partial charge in [-0.15, -0.1) is 0 Å². The van der Waals surface area contributed by atoms with Crippen molar-refractivity contribution in [3.8, 4) is 5.69 Å². The molecule has 0 saturated heterocycles. The number of benzene rings is 2. The fourth-order valence-corrected chi connectivity index (χ4v) is 3.43. The molecule has 25 heavy (non-hydrogen) atoms. The standard InChI is InChI=1S/C20H18BrN3O/c21-16-6-4-5-14(11-16)12-22-20(25)18-13-23-24(19(18)15-9-10-15)17-7-2-1-3-8-17/h1-8,11,13,15H,9-10,12H2,(H,22,25). The number of hydrogen-bond donors (Lipinski definition) is 1. The molecule has 3 aromatic rings. The zero-order valence-corrected chi connectivity index (χ0v) is 15.2. The molecule has 0 radical (unpaired) electrons. The normalized spacial score (nSPS) is 13.6. The van der Waals surface area contributed by atoms with Gasteiger partial charge in [0.25, 0.3) is 5.91 Å². The van der Waals surface area contributed by atoms with Crippen molar-refractivity contribution < 1.29 is 4.79 Å². The van der Waals surface area contributed by atoms with E-state index in [1.165, 1.54) is 0 Å². The van der Waals surface area contributed by atoms with Crippen LogP contribution in [0.5, 0.6) is 0 Å². The number of halogens is 1. The van der Waals surface area contributed by atoms with Crippen LogP contribution < -0.4 is 5.32 Å². The monoisotopic (exact) mass is 395 g/mol. The van der Waals surface area contributed by atoms with E-state index < -0.39 is 0 Å². The van der Waals surface area contributed by atoms with Gasteiger partial charge in [-0.2, -0.15) is 5.10 Å². The summed E-state index contributed by atoms with van der Waals surface area (Å²) in [4.78, 5) is 12.7. The number of nitrogens with zero attached hydrogens (tertiary/aromatic N) is 2. The van der Waals surface area contributed by atoms with Gasteiger partial charge in [0.15, 0.2) is 0 Å². The van der Waals surface area contributed by atoms with Crippen LogP contribution in [-0.4, -0.2) is 15.7 Å². The Bertz CT molecular complexity index is 900. The topological polar surface area (TPSA) is 46.9 Å². The lowest BCUT2D eigenvalue weighted by molar-refractivity contribution is 0.0950. The van der Waals surface area contributed by atoms with Crippen LogP contribution in [0, 0.1) is 0 Å². The van der Waals surface area contributed by atoms with Crippen molar-refractivity contribution in [3.05, 3.63) is 82.1 Å². The molecule has 1 aromatic heterocycles. The number of para-hydroxylation sites is 1. The Morgan fingerprint density at radius 1 is 1.16 bits per heavy atom. The second-order valence-electron chi connectivity index (χ2n) is 6.28. The van der Waals surface area contributed by atoms with Crippen LogP contribution in [0.2, 0.25) is 0 Å². The van der Waals surface area contributed by atoms with E-state index in [0.717, 1.165) is 34.3 Å². The molecule has 1 amide bonds. The van der Waals surface area contributed by atoms with E-state index in [1.54, 1.807) is 6.20 Å². The molecule has 0 aliphatic heterocycles. The van der Waals surface area contributed by atoms with Gasteiger partial charge in [0.1, 0.15) is 0 Å². The van der Waals surface area contributed by atoms with Crippen molar-refractivity contribution in [2.24, 2.45) is 0 Å². The quantitative estimate of drug-likeness (QED) is 0.693. The Morgan fingerprint density at radius 3 is 2.68 bits per heavy atom. The van der Waals surface area contributed by atoms with Gasteiger partial charge in [0.2, 0.25) is 0 Å². The van der Waals surface area contributed by atoms with Crippen LogP contribution in [0.25, 0.3) is 5.69 Å². The maximum atomic E-state index is 12.7. The number of amides is 1. The van der Waals surface area contributed by atoms with E-state index >= 15 is 0 Å². The first-order chi connectivity index (χ1) is 12.2. The number of aromatic nitrogens is 2. The van der Waals surface area contributed by atoms with Crippen molar-refractivity contribution in [1.82, 2.24) is 15.1 Å². The highest BCUT2D eigenvalue weighted by Crippen LogP contribution is 2.42. The Hall–Kier alpha value is -2.40. The second-order valence-corrected chi connectivity index (χ2v) is 7.19. The minimum Gasteiger partial charge on any atom is -0.348 e. The molecule has 1 aliphatic carbocycles. The van der Waals surface area contributed by atoms with Gasteiger partial charge in [0.05, 0.1) is 23.1 Å². The predicted octanol–water partition coefficient (Wildman–Crippen LogP) is 4.44. The molecule has 2 aromatic carbocycles. The van der Waals surface area contributed by atoms with Crippen LogP contribution in [0.3, 0.4) is 0 Å². The van der Waals surface area contributed by atoms with E-state index in [0.29, 0.717) is 18.0 Å². The number of hydrogen-bond acceptors (Lipinski definition) is 2. The number of nitrogens with one attached hydrogen (secondary N) is 1. The van der Waals surface area contributed by atoms with E-state index in [-0.39, 0.29) is 5.91 Å². The minimum atomic E-state index is -0.0657. The molecule has 1 saturated carbocycles. The molecule has 4 rings (SSSR count). The first kappa shape index (κ1) is 16.1. The van der Waals surface area contributed by atoms with E-state index in [4.69, 9.17) is 0 Å². The summed E-state index contributed by atoms with van der Waals surface area (Å²) in [5.74, 6) is 0.360. The molecule has 0 atom stereocenters. The Balaban J connectivity index is 1.58. The van der Waals surface area contributed by atoms with Crippen LogP contribution >= 0.6 is 15.9 Å². The van der Waals surface area contributed by atoms with Crippen molar-refractivity contribution in [2.75, 3.05) is 0 Å². The zero-order valence-electron chi connectivity index (χ0n) is 13.7. The first-order valence-electron chi connectivity index (χ1n) is 8.38. The molecule has 0 bridgehead atoms. The highest BCUT2D eigenvalue weighted by molar-refractivity contribution is 9.10. The van der Waals surface area contributed by atoms with Crippen LogP contribution in [0.15, 0.2) is 65.3 Å². The molecular formula is C20H18BrN3O. The largest absolute Gasteiger partial charge is 0.348 e. The number of carbonyl (C=O) groups excluding carboxylic acids is 1. The van der Waals surface area contributed by atoms with Crippen LogP contribution in [-0.2, 0) is 6.54 Å². The molecule has 0 unspecified atom stereocenters. The zero-order chi connectivity index (χ0) is 17.2. The van der Waals surface area contributed by atoms with Crippen LogP contribution in [0.1, 0.15) is 40.4 Å². The average molecular weight is 396 g/mol. The molecule has 1 heterocycles. The lowest BCUT2D eigenvalue weighted by atomic mass is 10.1. The lowest BCUT2D eigenvalue weighted by Gasteiger charge is -2.09. The molecule has 0 spiro atoms. The summed E-state index contributed by atoms with van der Waals surface area (Å²) in [6.45, 7) is 0.499. The third kappa shape index (κ3) is 3.51. The summed E-state index contributed by atoms with van der Waals surface area (Å²) in [5.41, 5.74) is 3.76. The Labute approximate surface area is 155 Å². The van der Waals surface area contributed by atoms with E-state index in [2.05, 4.69) is 26.3 Å². The van der Waals surface area contributed by atoms with E-state index in [9.17, 15) is 4.79 Å². The smallest absolute Gasteiger partial charge is 0.255 e. The molecule has 1 aliphatic rings. The molecule has 5 heteroatoms. The molecule has 4 nitrogen and oxygen atoms in total. The van der Waals surface area contributed by atoms with Gasteiger partial charge in [-0.05, 0) is 42.7 Å². The SMILES string of the molecule is O=C(NCc1cccc(Br)c1)c1cnn(-c2ccccc2)c1C1CC1.